The predicted octanol–water partition coefficient (Wildman–Crippen LogP) is 3.46. The minimum atomic E-state index is -3.61. The third-order valence-corrected chi connectivity index (χ3v) is 6.19. The quantitative estimate of drug-likeness (QED) is 0.700. The summed E-state index contributed by atoms with van der Waals surface area (Å²) in [5.74, 6) is 0.179. The molecule has 1 aliphatic carbocycles. The molecular formula is C19H28ClN3O3S. The Morgan fingerprint density at radius 1 is 1.26 bits per heavy atom. The van der Waals surface area contributed by atoms with E-state index in [2.05, 4.69) is 37.7 Å². The molecule has 0 spiro atoms. The van der Waals surface area contributed by atoms with Crippen LogP contribution in [0, 0.1) is 11.3 Å². The molecule has 0 saturated heterocycles. The maximum Gasteiger partial charge on any atom is 0.259 e. The second-order valence-electron chi connectivity index (χ2n) is 7.99. The first-order valence-corrected chi connectivity index (χ1v) is 11.2. The van der Waals surface area contributed by atoms with Gasteiger partial charge in [-0.15, -0.1) is 0 Å². The monoisotopic (exact) mass is 413 g/mol. The fourth-order valence-corrected chi connectivity index (χ4v) is 4.04. The van der Waals surface area contributed by atoms with Gasteiger partial charge in [0.2, 0.25) is 10.0 Å². The molecule has 27 heavy (non-hydrogen) atoms. The van der Waals surface area contributed by atoms with E-state index < -0.39 is 15.9 Å². The first-order valence-electron chi connectivity index (χ1n) is 8.94. The van der Waals surface area contributed by atoms with Crippen molar-refractivity contribution in [1.29, 1.82) is 0 Å². The highest BCUT2D eigenvalue weighted by Gasteiger charge is 2.26. The largest absolute Gasteiger partial charge is 0.303 e. The molecule has 0 heterocycles. The van der Waals surface area contributed by atoms with Crippen molar-refractivity contribution in [2.24, 2.45) is 11.3 Å². The first-order chi connectivity index (χ1) is 12.5. The van der Waals surface area contributed by atoms with Crippen LogP contribution in [0.15, 0.2) is 36.0 Å². The van der Waals surface area contributed by atoms with Crippen LogP contribution in [-0.2, 0) is 14.8 Å². The van der Waals surface area contributed by atoms with Gasteiger partial charge in [0, 0.05) is 10.7 Å². The smallest absolute Gasteiger partial charge is 0.259 e. The van der Waals surface area contributed by atoms with E-state index in [-0.39, 0.29) is 12.0 Å². The van der Waals surface area contributed by atoms with Crippen molar-refractivity contribution >= 4 is 33.2 Å². The Labute approximate surface area is 167 Å². The van der Waals surface area contributed by atoms with Gasteiger partial charge in [-0.1, -0.05) is 38.4 Å². The number of hydrogen-bond donors (Lipinski definition) is 2. The molecule has 1 aromatic rings. The van der Waals surface area contributed by atoms with E-state index in [1.54, 1.807) is 24.3 Å². The average Bonchev–Trinajstić information content (AvgIpc) is 2.57. The van der Waals surface area contributed by atoms with Gasteiger partial charge in [-0.05, 0) is 54.9 Å². The Kier molecular flexibility index (Phi) is 6.81. The van der Waals surface area contributed by atoms with E-state index in [9.17, 15) is 13.2 Å². The number of nitrogens with zero attached hydrogens (tertiary/aromatic N) is 1. The van der Waals surface area contributed by atoms with E-state index in [0.29, 0.717) is 16.6 Å². The van der Waals surface area contributed by atoms with Crippen LogP contribution in [0.2, 0.25) is 5.02 Å². The SMILES string of the molecule is CC(C)(C)C1CC=C(NNC(=O)CN(c2ccc(Cl)cc2)S(C)(=O)=O)CC1. The molecule has 2 N–H and O–H groups in total. The van der Waals surface area contributed by atoms with E-state index in [0.717, 1.165) is 35.5 Å². The number of carbonyl (C=O) groups is 1. The molecule has 1 atom stereocenters. The summed E-state index contributed by atoms with van der Waals surface area (Å²) in [6.07, 6.45) is 6.04. The van der Waals surface area contributed by atoms with Crippen molar-refractivity contribution in [1.82, 2.24) is 10.9 Å². The van der Waals surface area contributed by atoms with Crippen molar-refractivity contribution in [2.45, 2.75) is 40.0 Å². The zero-order valence-electron chi connectivity index (χ0n) is 16.3. The first kappa shape index (κ1) is 21.6. The van der Waals surface area contributed by atoms with E-state index in [4.69, 9.17) is 11.6 Å². The minimum Gasteiger partial charge on any atom is -0.303 e. The van der Waals surface area contributed by atoms with Gasteiger partial charge in [-0.2, -0.15) is 0 Å². The van der Waals surface area contributed by atoms with Crippen LogP contribution in [0.25, 0.3) is 0 Å². The maximum atomic E-state index is 12.3. The number of nitrogens with one attached hydrogen (secondary N) is 2. The number of sulfonamides is 1. The summed E-state index contributed by atoms with van der Waals surface area (Å²) in [7, 11) is -3.61. The summed E-state index contributed by atoms with van der Waals surface area (Å²) in [5.41, 5.74) is 7.14. The average molecular weight is 414 g/mol. The number of carbonyl (C=O) groups excluding carboxylic acids is 1. The maximum absolute atomic E-state index is 12.3. The lowest BCUT2D eigenvalue weighted by atomic mass is 9.74. The van der Waals surface area contributed by atoms with Crippen LogP contribution in [0.4, 0.5) is 5.69 Å². The second-order valence-corrected chi connectivity index (χ2v) is 10.3. The van der Waals surface area contributed by atoms with E-state index >= 15 is 0 Å². The number of hydrogen-bond acceptors (Lipinski definition) is 4. The van der Waals surface area contributed by atoms with Gasteiger partial charge in [-0.3, -0.25) is 14.5 Å². The Morgan fingerprint density at radius 3 is 2.37 bits per heavy atom. The molecule has 150 valence electrons. The Balaban J connectivity index is 1.95. The molecule has 0 bridgehead atoms. The molecule has 2 rings (SSSR count). The fourth-order valence-electron chi connectivity index (χ4n) is 3.06. The summed E-state index contributed by atoms with van der Waals surface area (Å²) in [4.78, 5) is 12.3. The lowest BCUT2D eigenvalue weighted by Crippen LogP contribution is -2.45. The number of rotatable bonds is 6. The summed E-state index contributed by atoms with van der Waals surface area (Å²) in [5, 5.41) is 0.496. The highest BCUT2D eigenvalue weighted by Crippen LogP contribution is 2.36. The second kappa shape index (κ2) is 8.52. The van der Waals surface area contributed by atoms with Crippen LogP contribution in [0.3, 0.4) is 0 Å². The Bertz CT molecular complexity index is 798. The van der Waals surface area contributed by atoms with Crippen molar-refractivity contribution in [3.05, 3.63) is 41.1 Å². The molecule has 1 unspecified atom stereocenters. The van der Waals surface area contributed by atoms with Gasteiger partial charge < -0.3 is 5.43 Å². The van der Waals surface area contributed by atoms with E-state index in [1.165, 1.54) is 0 Å². The number of hydrazine groups is 1. The van der Waals surface area contributed by atoms with Gasteiger partial charge in [0.1, 0.15) is 6.54 Å². The molecule has 0 fully saturated rings. The zero-order valence-corrected chi connectivity index (χ0v) is 17.8. The van der Waals surface area contributed by atoms with Crippen LogP contribution >= 0.6 is 11.6 Å². The van der Waals surface area contributed by atoms with Crippen molar-refractivity contribution in [2.75, 3.05) is 17.1 Å². The normalized spacial score (nSPS) is 17.8. The third-order valence-electron chi connectivity index (χ3n) is 4.80. The van der Waals surface area contributed by atoms with Gasteiger partial charge in [0.25, 0.3) is 5.91 Å². The Hall–Kier alpha value is -1.73. The lowest BCUT2D eigenvalue weighted by Gasteiger charge is -2.33. The molecule has 1 amide bonds. The number of benzene rings is 1. The summed E-state index contributed by atoms with van der Waals surface area (Å²) < 4.78 is 25.2. The van der Waals surface area contributed by atoms with Crippen molar-refractivity contribution in [3.8, 4) is 0 Å². The molecule has 1 aromatic carbocycles. The van der Waals surface area contributed by atoms with Gasteiger partial charge in [-0.25, -0.2) is 8.42 Å². The van der Waals surface area contributed by atoms with Crippen molar-refractivity contribution in [3.63, 3.8) is 0 Å². The molecule has 0 aromatic heterocycles. The highest BCUT2D eigenvalue weighted by atomic mass is 35.5. The molecule has 0 saturated carbocycles. The predicted molar refractivity (Wildman–Crippen MR) is 110 cm³/mol. The number of amides is 1. The van der Waals surface area contributed by atoms with Crippen LogP contribution in [0.1, 0.15) is 40.0 Å². The fraction of sp³-hybridized carbons (Fsp3) is 0.526. The van der Waals surface area contributed by atoms with E-state index in [1.807, 2.05) is 0 Å². The highest BCUT2D eigenvalue weighted by molar-refractivity contribution is 7.92. The molecule has 0 aliphatic heterocycles. The topological polar surface area (TPSA) is 78.5 Å². The van der Waals surface area contributed by atoms with Gasteiger partial charge >= 0.3 is 0 Å². The van der Waals surface area contributed by atoms with Crippen LogP contribution in [-0.4, -0.2) is 27.1 Å². The summed E-state index contributed by atoms with van der Waals surface area (Å²) >= 11 is 5.85. The molecule has 6 nitrogen and oxygen atoms in total. The molecular weight excluding hydrogens is 386 g/mol. The zero-order chi connectivity index (χ0) is 20.2. The van der Waals surface area contributed by atoms with Crippen LogP contribution in [0.5, 0.6) is 0 Å². The number of halogens is 1. The molecule has 1 aliphatic rings. The van der Waals surface area contributed by atoms with Gasteiger partial charge in [0.05, 0.1) is 11.9 Å². The molecule has 8 heteroatoms. The lowest BCUT2D eigenvalue weighted by molar-refractivity contribution is -0.120. The Morgan fingerprint density at radius 2 is 1.89 bits per heavy atom. The summed E-state index contributed by atoms with van der Waals surface area (Å²) in [6.45, 7) is 6.40. The number of anilines is 1. The van der Waals surface area contributed by atoms with Crippen LogP contribution < -0.4 is 15.2 Å². The minimum absolute atomic E-state index is 0.264. The third kappa shape index (κ3) is 6.43. The molecule has 0 radical (unpaired) electrons. The number of allylic oxidation sites excluding steroid dienone is 2. The van der Waals surface area contributed by atoms with Crippen molar-refractivity contribution < 1.29 is 13.2 Å². The standard InChI is InChI=1S/C19H28ClN3O3S/c1-19(2,3)14-5-9-16(10-6-14)21-22-18(24)13-23(27(4,25)26)17-11-7-15(20)8-12-17/h7-9,11-12,14,21H,5-6,10,13H2,1-4H3,(H,22,24). The van der Waals surface area contributed by atoms with Gasteiger partial charge in [0.15, 0.2) is 0 Å². The summed E-state index contributed by atoms with van der Waals surface area (Å²) in [6, 6.07) is 6.31.